The molecule has 0 aliphatic rings. The number of nitrogens with one attached hydrogen (secondary N) is 1. The molecular weight excluding hydrogens is 184 g/mol. The van der Waals surface area contributed by atoms with Gasteiger partial charge in [0.25, 0.3) is 0 Å². The molecule has 0 radical (unpaired) electrons. The number of hydrogen-bond donors (Lipinski definition) is 1. The third-order valence-electron chi connectivity index (χ3n) is 1.42. The zero-order valence-corrected chi connectivity index (χ0v) is 8.74. The van der Waals surface area contributed by atoms with Crippen LogP contribution in [0.15, 0.2) is 6.07 Å². The second-order valence-corrected chi connectivity index (χ2v) is 2.78. The van der Waals surface area contributed by atoms with Gasteiger partial charge in [-0.1, -0.05) is 0 Å². The molecule has 0 amide bonds. The van der Waals surface area contributed by atoms with Crippen LogP contribution in [0.3, 0.4) is 0 Å². The van der Waals surface area contributed by atoms with E-state index in [1.165, 1.54) is 0 Å². The minimum atomic E-state index is 0.436. The van der Waals surface area contributed by atoms with Crippen LogP contribution in [0.5, 0.6) is 11.8 Å². The highest BCUT2D eigenvalue weighted by atomic mass is 16.5. The van der Waals surface area contributed by atoms with E-state index >= 15 is 0 Å². The first-order valence-electron chi connectivity index (χ1n) is 4.06. The molecule has 6 nitrogen and oxygen atoms in total. The average Bonchev–Trinajstić information content (AvgIpc) is 2.16. The van der Waals surface area contributed by atoms with Crippen molar-refractivity contribution >= 4 is 5.95 Å². The molecule has 78 valence electrons. The van der Waals surface area contributed by atoms with E-state index in [9.17, 15) is 0 Å². The second-order valence-electron chi connectivity index (χ2n) is 2.78. The summed E-state index contributed by atoms with van der Waals surface area (Å²) in [5, 5.41) is 1.73. The van der Waals surface area contributed by atoms with Gasteiger partial charge in [0, 0.05) is 14.1 Å². The first kappa shape index (κ1) is 10.5. The lowest BCUT2D eigenvalue weighted by molar-refractivity contribution is 0.370. The van der Waals surface area contributed by atoms with E-state index in [0.717, 1.165) is 0 Å². The van der Waals surface area contributed by atoms with E-state index in [-0.39, 0.29) is 0 Å². The molecule has 1 aromatic rings. The van der Waals surface area contributed by atoms with Crippen molar-refractivity contribution in [3.05, 3.63) is 6.07 Å². The number of hydrazine groups is 1. The van der Waals surface area contributed by atoms with Gasteiger partial charge in [-0.15, -0.1) is 0 Å². The van der Waals surface area contributed by atoms with Crippen LogP contribution in [0.2, 0.25) is 0 Å². The zero-order chi connectivity index (χ0) is 10.6. The summed E-state index contributed by atoms with van der Waals surface area (Å²) in [7, 11) is 6.77. The van der Waals surface area contributed by atoms with E-state index in [4.69, 9.17) is 9.47 Å². The monoisotopic (exact) mass is 198 g/mol. The summed E-state index contributed by atoms with van der Waals surface area (Å²) in [5.41, 5.74) is 2.91. The number of anilines is 1. The molecular formula is C8H14N4O2. The number of ether oxygens (including phenoxy) is 2. The molecule has 6 heteroatoms. The standard InChI is InChI=1S/C8H14N4O2/c1-12(2)11-8-9-6(13-3)5-7(10-8)14-4/h5H,1-4H3,(H,9,10,11). The Bertz CT molecular complexity index is 281. The van der Waals surface area contributed by atoms with Gasteiger partial charge >= 0.3 is 0 Å². The Morgan fingerprint density at radius 3 is 2.00 bits per heavy atom. The quantitative estimate of drug-likeness (QED) is 0.706. The molecule has 1 aromatic heterocycles. The molecule has 0 spiro atoms. The van der Waals surface area contributed by atoms with E-state index in [0.29, 0.717) is 17.7 Å². The largest absolute Gasteiger partial charge is 0.481 e. The Labute approximate surface area is 82.8 Å². The van der Waals surface area contributed by atoms with Crippen molar-refractivity contribution < 1.29 is 9.47 Å². The SMILES string of the molecule is COc1cc(OC)nc(NN(C)C)n1. The Kier molecular flexibility index (Phi) is 3.47. The van der Waals surface area contributed by atoms with Gasteiger partial charge in [0.15, 0.2) is 0 Å². The topological polar surface area (TPSA) is 59.5 Å². The molecule has 0 bridgehead atoms. The highest BCUT2D eigenvalue weighted by Crippen LogP contribution is 2.16. The van der Waals surface area contributed by atoms with Crippen LogP contribution in [0.25, 0.3) is 0 Å². The first-order chi connectivity index (χ1) is 6.65. The minimum Gasteiger partial charge on any atom is -0.481 e. The van der Waals surface area contributed by atoms with E-state index < -0.39 is 0 Å². The zero-order valence-electron chi connectivity index (χ0n) is 8.74. The first-order valence-corrected chi connectivity index (χ1v) is 4.06. The maximum Gasteiger partial charge on any atom is 0.244 e. The van der Waals surface area contributed by atoms with Crippen molar-refractivity contribution in [2.75, 3.05) is 33.7 Å². The summed E-state index contributed by atoms with van der Waals surface area (Å²) in [6.07, 6.45) is 0. The molecule has 1 rings (SSSR count). The van der Waals surface area contributed by atoms with Gasteiger partial charge in [-0.05, 0) is 0 Å². The van der Waals surface area contributed by atoms with Crippen molar-refractivity contribution in [1.29, 1.82) is 0 Å². The van der Waals surface area contributed by atoms with Crippen LogP contribution in [0.1, 0.15) is 0 Å². The number of methoxy groups -OCH3 is 2. The predicted octanol–water partition coefficient (Wildman–Crippen LogP) is 0.382. The molecule has 0 unspecified atom stereocenters. The number of hydrogen-bond acceptors (Lipinski definition) is 6. The van der Waals surface area contributed by atoms with Gasteiger partial charge in [0.1, 0.15) is 0 Å². The Hall–Kier alpha value is -1.56. The lowest BCUT2D eigenvalue weighted by atomic mass is 10.6. The van der Waals surface area contributed by atoms with Crippen LogP contribution in [0.4, 0.5) is 5.95 Å². The van der Waals surface area contributed by atoms with Gasteiger partial charge in [0.05, 0.1) is 20.3 Å². The van der Waals surface area contributed by atoms with Crippen LogP contribution >= 0.6 is 0 Å². The fraction of sp³-hybridized carbons (Fsp3) is 0.500. The van der Waals surface area contributed by atoms with Crippen molar-refractivity contribution in [3.63, 3.8) is 0 Å². The molecule has 0 saturated carbocycles. The van der Waals surface area contributed by atoms with Crippen molar-refractivity contribution in [1.82, 2.24) is 15.0 Å². The highest BCUT2D eigenvalue weighted by Gasteiger charge is 2.04. The summed E-state index contributed by atoms with van der Waals surface area (Å²) in [6.45, 7) is 0. The fourth-order valence-corrected chi connectivity index (χ4v) is 0.863. The molecule has 14 heavy (non-hydrogen) atoms. The van der Waals surface area contributed by atoms with Gasteiger partial charge < -0.3 is 9.47 Å². The molecule has 0 aliphatic carbocycles. The third-order valence-corrected chi connectivity index (χ3v) is 1.42. The van der Waals surface area contributed by atoms with E-state index in [2.05, 4.69) is 15.4 Å². The van der Waals surface area contributed by atoms with Crippen molar-refractivity contribution in [2.24, 2.45) is 0 Å². The Morgan fingerprint density at radius 2 is 1.64 bits per heavy atom. The Balaban J connectivity index is 2.92. The maximum atomic E-state index is 4.99. The molecule has 0 aromatic carbocycles. The summed E-state index contributed by atoms with van der Waals surface area (Å²) >= 11 is 0. The minimum absolute atomic E-state index is 0.436. The van der Waals surface area contributed by atoms with Crippen LogP contribution in [-0.2, 0) is 0 Å². The molecule has 1 N–H and O–H groups in total. The van der Waals surface area contributed by atoms with E-state index in [1.54, 1.807) is 25.3 Å². The number of rotatable bonds is 4. The van der Waals surface area contributed by atoms with E-state index in [1.807, 2.05) is 14.1 Å². The summed E-state index contributed by atoms with van der Waals surface area (Å²) in [6, 6.07) is 1.61. The Morgan fingerprint density at radius 1 is 1.14 bits per heavy atom. The lowest BCUT2D eigenvalue weighted by Crippen LogP contribution is -2.21. The second kappa shape index (κ2) is 4.61. The number of nitrogens with zero attached hydrogens (tertiary/aromatic N) is 3. The maximum absolute atomic E-state index is 4.99. The van der Waals surface area contributed by atoms with Crippen molar-refractivity contribution in [2.45, 2.75) is 0 Å². The summed E-state index contributed by atoms with van der Waals surface area (Å²) in [4.78, 5) is 8.15. The molecule has 0 fully saturated rings. The smallest absolute Gasteiger partial charge is 0.244 e. The lowest BCUT2D eigenvalue weighted by Gasteiger charge is -2.12. The van der Waals surface area contributed by atoms with Crippen LogP contribution < -0.4 is 14.9 Å². The molecule has 0 aliphatic heterocycles. The molecule has 0 saturated heterocycles. The van der Waals surface area contributed by atoms with Crippen LogP contribution in [0, 0.1) is 0 Å². The third kappa shape index (κ3) is 2.74. The highest BCUT2D eigenvalue weighted by molar-refractivity contribution is 5.32. The molecule has 1 heterocycles. The average molecular weight is 198 g/mol. The van der Waals surface area contributed by atoms with Crippen molar-refractivity contribution in [3.8, 4) is 11.8 Å². The summed E-state index contributed by atoms with van der Waals surface area (Å²) < 4.78 is 9.98. The fourth-order valence-electron chi connectivity index (χ4n) is 0.863. The summed E-state index contributed by atoms with van der Waals surface area (Å²) in [5.74, 6) is 1.36. The predicted molar refractivity (Wildman–Crippen MR) is 52.4 cm³/mol. The van der Waals surface area contributed by atoms with Gasteiger partial charge in [0.2, 0.25) is 17.7 Å². The normalized spacial score (nSPS) is 10.1. The van der Waals surface area contributed by atoms with Crippen LogP contribution in [-0.4, -0.2) is 43.3 Å². The van der Waals surface area contributed by atoms with Gasteiger partial charge in [-0.25, -0.2) is 5.01 Å². The number of aromatic nitrogens is 2. The van der Waals surface area contributed by atoms with Gasteiger partial charge in [-0.3, -0.25) is 5.43 Å². The molecule has 0 atom stereocenters. The van der Waals surface area contributed by atoms with Gasteiger partial charge in [-0.2, -0.15) is 9.97 Å².